The third kappa shape index (κ3) is 3.59. The lowest BCUT2D eigenvalue weighted by atomic mass is 9.95. The minimum absolute atomic E-state index is 0.0276. The van der Waals surface area contributed by atoms with E-state index >= 15 is 0 Å². The summed E-state index contributed by atoms with van der Waals surface area (Å²) in [5.74, 6) is 2.21. The highest BCUT2D eigenvalue weighted by atomic mass is 16.2. The van der Waals surface area contributed by atoms with E-state index in [9.17, 15) is 9.59 Å². The fraction of sp³-hybridized carbons (Fsp3) is 0.500. The van der Waals surface area contributed by atoms with E-state index in [2.05, 4.69) is 20.1 Å². The molecule has 0 spiro atoms. The van der Waals surface area contributed by atoms with Crippen LogP contribution in [0.1, 0.15) is 55.4 Å². The van der Waals surface area contributed by atoms with Gasteiger partial charge in [0.05, 0.1) is 0 Å². The molecule has 2 amide bonds. The highest BCUT2D eigenvalue weighted by Crippen LogP contribution is 2.34. The van der Waals surface area contributed by atoms with E-state index in [0.717, 1.165) is 56.0 Å². The van der Waals surface area contributed by atoms with Gasteiger partial charge >= 0.3 is 0 Å². The van der Waals surface area contributed by atoms with Gasteiger partial charge in [-0.05, 0) is 24.8 Å². The Hall–Kier alpha value is -2.70. The quantitative estimate of drug-likeness (QED) is 0.894. The molecule has 1 unspecified atom stereocenters. The van der Waals surface area contributed by atoms with Gasteiger partial charge in [0, 0.05) is 38.9 Å². The van der Waals surface area contributed by atoms with Gasteiger partial charge in [0.25, 0.3) is 0 Å². The van der Waals surface area contributed by atoms with Gasteiger partial charge < -0.3 is 14.8 Å². The summed E-state index contributed by atoms with van der Waals surface area (Å²) in [5.41, 5.74) is 1.09. The second-order valence-corrected chi connectivity index (χ2v) is 7.38. The number of rotatable bonds is 4. The van der Waals surface area contributed by atoms with Gasteiger partial charge in [-0.3, -0.25) is 9.59 Å². The maximum absolute atomic E-state index is 12.8. The molecule has 2 aliphatic heterocycles. The smallest absolute Gasteiger partial charge is 0.243 e. The minimum atomic E-state index is -0.237. The number of nitrogens with zero attached hydrogens (tertiary/aromatic N) is 4. The summed E-state index contributed by atoms with van der Waals surface area (Å²) in [7, 11) is 0. The highest BCUT2D eigenvalue weighted by Gasteiger charge is 2.35. The molecule has 0 bridgehead atoms. The average Bonchev–Trinajstić information content (AvgIpc) is 3.29. The Kier molecular flexibility index (Phi) is 4.92. The fourth-order valence-electron chi connectivity index (χ4n) is 4.12. The Balaban J connectivity index is 1.45. The third-order valence-electron chi connectivity index (χ3n) is 5.66. The van der Waals surface area contributed by atoms with E-state index in [0.29, 0.717) is 6.54 Å². The van der Waals surface area contributed by atoms with Crippen LogP contribution in [-0.2, 0) is 22.6 Å². The van der Waals surface area contributed by atoms with Gasteiger partial charge in [-0.2, -0.15) is 0 Å². The van der Waals surface area contributed by atoms with Crippen molar-refractivity contribution in [2.75, 3.05) is 13.1 Å². The molecule has 142 valence electrons. The molecule has 1 fully saturated rings. The van der Waals surface area contributed by atoms with Crippen LogP contribution in [-0.4, -0.2) is 44.6 Å². The Morgan fingerprint density at radius 3 is 2.56 bits per heavy atom. The number of nitrogens with one attached hydrogen (secondary N) is 1. The van der Waals surface area contributed by atoms with Crippen LogP contribution < -0.4 is 5.32 Å². The third-order valence-corrected chi connectivity index (χ3v) is 5.66. The molecule has 1 aromatic carbocycles. The summed E-state index contributed by atoms with van der Waals surface area (Å²) < 4.78 is 2.05. The van der Waals surface area contributed by atoms with E-state index in [1.54, 1.807) is 6.92 Å². The SMILES string of the molecule is CC(=O)N1CCC(c2nnc3n2C(C(=O)NCc2ccccc2)CC3)CC1. The maximum Gasteiger partial charge on any atom is 0.243 e. The molecule has 1 aromatic heterocycles. The average molecular weight is 367 g/mol. The van der Waals surface area contributed by atoms with Gasteiger partial charge in [0.15, 0.2) is 0 Å². The minimum Gasteiger partial charge on any atom is -0.350 e. The number of carbonyl (C=O) groups excluding carboxylic acids is 2. The lowest BCUT2D eigenvalue weighted by Gasteiger charge is -2.31. The number of piperidine rings is 1. The molecule has 0 radical (unpaired) electrons. The first-order valence-electron chi connectivity index (χ1n) is 9.64. The van der Waals surface area contributed by atoms with Gasteiger partial charge in [0.1, 0.15) is 17.7 Å². The van der Waals surface area contributed by atoms with Crippen molar-refractivity contribution in [1.82, 2.24) is 25.0 Å². The number of carbonyl (C=O) groups is 2. The molecule has 0 aliphatic carbocycles. The molecule has 1 atom stereocenters. The van der Waals surface area contributed by atoms with Crippen LogP contribution in [0.2, 0.25) is 0 Å². The Morgan fingerprint density at radius 1 is 1.11 bits per heavy atom. The van der Waals surface area contributed by atoms with Crippen LogP contribution in [0, 0.1) is 0 Å². The van der Waals surface area contributed by atoms with Crippen molar-refractivity contribution in [3.63, 3.8) is 0 Å². The predicted molar refractivity (Wildman–Crippen MR) is 99.9 cm³/mol. The zero-order valence-corrected chi connectivity index (χ0v) is 15.6. The molecule has 2 aliphatic rings. The number of amides is 2. The van der Waals surface area contributed by atoms with Crippen molar-refractivity contribution in [1.29, 1.82) is 0 Å². The number of benzene rings is 1. The standard InChI is InChI=1S/C20H25N5O2/c1-14(26)24-11-9-16(10-12-24)19-23-22-18-8-7-17(25(18)19)20(27)21-13-15-5-3-2-4-6-15/h2-6,16-17H,7-13H2,1H3,(H,21,27). The summed E-state index contributed by atoms with van der Waals surface area (Å²) >= 11 is 0. The van der Waals surface area contributed by atoms with Crippen molar-refractivity contribution in [2.24, 2.45) is 0 Å². The zero-order valence-electron chi connectivity index (χ0n) is 15.6. The van der Waals surface area contributed by atoms with Crippen LogP contribution in [0.15, 0.2) is 30.3 Å². The second-order valence-electron chi connectivity index (χ2n) is 7.38. The monoisotopic (exact) mass is 367 g/mol. The lowest BCUT2D eigenvalue weighted by Crippen LogP contribution is -2.37. The van der Waals surface area contributed by atoms with E-state index in [1.807, 2.05) is 35.2 Å². The van der Waals surface area contributed by atoms with E-state index in [4.69, 9.17) is 0 Å². The van der Waals surface area contributed by atoms with Gasteiger partial charge in [-0.1, -0.05) is 30.3 Å². The molecular formula is C20H25N5O2. The van der Waals surface area contributed by atoms with Crippen molar-refractivity contribution in [3.05, 3.63) is 47.5 Å². The van der Waals surface area contributed by atoms with E-state index < -0.39 is 0 Å². The van der Waals surface area contributed by atoms with E-state index in [-0.39, 0.29) is 23.8 Å². The Bertz CT molecular complexity index is 824. The number of fused-ring (bicyclic) bond motifs is 1. The molecule has 3 heterocycles. The molecule has 7 heteroatoms. The number of aromatic nitrogens is 3. The van der Waals surface area contributed by atoms with Crippen LogP contribution >= 0.6 is 0 Å². The Morgan fingerprint density at radius 2 is 1.85 bits per heavy atom. The van der Waals surface area contributed by atoms with Crippen LogP contribution in [0.4, 0.5) is 0 Å². The van der Waals surface area contributed by atoms with Gasteiger partial charge in [-0.15, -0.1) is 10.2 Å². The van der Waals surface area contributed by atoms with Crippen LogP contribution in [0.5, 0.6) is 0 Å². The summed E-state index contributed by atoms with van der Waals surface area (Å²) in [6.07, 6.45) is 3.29. The molecule has 4 rings (SSSR count). The normalized spacial score (nSPS) is 19.7. The van der Waals surface area contributed by atoms with Gasteiger partial charge in [-0.25, -0.2) is 0 Å². The van der Waals surface area contributed by atoms with Crippen molar-refractivity contribution < 1.29 is 9.59 Å². The van der Waals surface area contributed by atoms with Crippen LogP contribution in [0.25, 0.3) is 0 Å². The molecular weight excluding hydrogens is 342 g/mol. The first-order valence-corrected chi connectivity index (χ1v) is 9.64. The molecule has 1 saturated heterocycles. The summed E-state index contributed by atoms with van der Waals surface area (Å²) in [5, 5.41) is 11.8. The molecule has 7 nitrogen and oxygen atoms in total. The molecule has 1 N–H and O–H groups in total. The molecule has 27 heavy (non-hydrogen) atoms. The predicted octanol–water partition coefficient (Wildman–Crippen LogP) is 1.81. The summed E-state index contributed by atoms with van der Waals surface area (Å²) in [6, 6.07) is 9.69. The highest BCUT2D eigenvalue weighted by molar-refractivity contribution is 5.81. The number of aryl methyl sites for hydroxylation is 1. The fourth-order valence-corrected chi connectivity index (χ4v) is 4.12. The second kappa shape index (κ2) is 7.50. The Labute approximate surface area is 158 Å². The zero-order chi connectivity index (χ0) is 18.8. The summed E-state index contributed by atoms with van der Waals surface area (Å²) in [6.45, 7) is 3.63. The number of hydrogen-bond donors (Lipinski definition) is 1. The molecule has 0 saturated carbocycles. The first kappa shape index (κ1) is 17.7. The largest absolute Gasteiger partial charge is 0.350 e. The van der Waals surface area contributed by atoms with Crippen molar-refractivity contribution >= 4 is 11.8 Å². The number of likely N-dealkylation sites (tertiary alicyclic amines) is 1. The van der Waals surface area contributed by atoms with Crippen molar-refractivity contribution in [3.8, 4) is 0 Å². The van der Waals surface area contributed by atoms with Crippen LogP contribution in [0.3, 0.4) is 0 Å². The van der Waals surface area contributed by atoms with E-state index in [1.165, 1.54) is 0 Å². The lowest BCUT2D eigenvalue weighted by molar-refractivity contribution is -0.129. The summed E-state index contributed by atoms with van der Waals surface area (Å²) in [4.78, 5) is 26.2. The maximum atomic E-state index is 12.8. The van der Waals surface area contributed by atoms with Gasteiger partial charge in [0.2, 0.25) is 11.8 Å². The molecule has 2 aromatic rings. The topological polar surface area (TPSA) is 80.1 Å². The number of hydrogen-bond acceptors (Lipinski definition) is 4. The van der Waals surface area contributed by atoms with Crippen molar-refractivity contribution in [2.45, 2.75) is 51.1 Å². The first-order chi connectivity index (χ1) is 13.1.